The molecule has 0 spiro atoms. The molecule has 5 rings (SSSR count). The van der Waals surface area contributed by atoms with Crippen molar-refractivity contribution in [1.29, 1.82) is 0 Å². The van der Waals surface area contributed by atoms with Gasteiger partial charge in [0.05, 0.1) is 17.8 Å². The molecule has 0 saturated carbocycles. The molecule has 4 heterocycles. The van der Waals surface area contributed by atoms with Crippen molar-refractivity contribution in [3.63, 3.8) is 0 Å². The average molecular weight is 497 g/mol. The minimum Gasteiger partial charge on any atom is -0.352 e. The maximum atomic E-state index is 12.9. The van der Waals surface area contributed by atoms with Gasteiger partial charge in [-0.2, -0.15) is 0 Å². The van der Waals surface area contributed by atoms with Gasteiger partial charge in [-0.05, 0) is 79.7 Å². The molecule has 2 N–H and O–H groups in total. The van der Waals surface area contributed by atoms with E-state index in [0.717, 1.165) is 33.9 Å². The fraction of sp³-hybridized carbons (Fsp3) is 0.214. The summed E-state index contributed by atoms with van der Waals surface area (Å²) in [4.78, 5) is 23.8. The fourth-order valence-electron chi connectivity index (χ4n) is 4.65. The van der Waals surface area contributed by atoms with Crippen molar-refractivity contribution < 1.29 is 4.79 Å². The van der Waals surface area contributed by atoms with Gasteiger partial charge in [0.15, 0.2) is 5.11 Å². The van der Waals surface area contributed by atoms with E-state index in [2.05, 4.69) is 36.1 Å². The molecule has 1 amide bonds. The summed E-state index contributed by atoms with van der Waals surface area (Å²) in [6, 6.07) is 19.7. The van der Waals surface area contributed by atoms with Crippen LogP contribution in [0.5, 0.6) is 0 Å². The minimum absolute atomic E-state index is 0.0453. The van der Waals surface area contributed by atoms with Crippen LogP contribution in [0.2, 0.25) is 0 Å². The number of anilines is 1. The number of hydrogen-bond donors (Lipinski definition) is 2. The minimum atomic E-state index is -0.156. The number of nitrogens with one attached hydrogen (secondary N) is 2. The number of rotatable bonds is 7. The van der Waals surface area contributed by atoms with Crippen molar-refractivity contribution in [1.82, 2.24) is 24.8 Å². The number of amides is 1. The Bertz CT molecular complexity index is 1370. The molecule has 0 aliphatic carbocycles. The summed E-state index contributed by atoms with van der Waals surface area (Å²) in [5.74, 6) is -0.0453. The summed E-state index contributed by atoms with van der Waals surface area (Å²) in [6.45, 7) is 4.48. The highest BCUT2D eigenvalue weighted by molar-refractivity contribution is 7.80. The van der Waals surface area contributed by atoms with Crippen LogP contribution in [0.1, 0.15) is 41.0 Å². The number of pyridine rings is 2. The van der Waals surface area contributed by atoms with Gasteiger partial charge in [-0.1, -0.05) is 18.2 Å². The molecule has 3 aromatic heterocycles. The molecule has 1 aliphatic heterocycles. The highest BCUT2D eigenvalue weighted by atomic mass is 32.1. The first-order valence-corrected chi connectivity index (χ1v) is 12.3. The summed E-state index contributed by atoms with van der Waals surface area (Å²) in [6.07, 6.45) is 7.69. The Morgan fingerprint density at radius 2 is 1.89 bits per heavy atom. The maximum Gasteiger partial charge on any atom is 0.226 e. The van der Waals surface area contributed by atoms with E-state index in [9.17, 15) is 4.79 Å². The van der Waals surface area contributed by atoms with Gasteiger partial charge in [0, 0.05) is 54.8 Å². The van der Waals surface area contributed by atoms with Crippen molar-refractivity contribution in [2.45, 2.75) is 32.4 Å². The monoisotopic (exact) mass is 496 g/mol. The third-order valence-electron chi connectivity index (χ3n) is 6.47. The summed E-state index contributed by atoms with van der Waals surface area (Å²) in [5.41, 5.74) is 5.95. The quantitative estimate of drug-likeness (QED) is 0.355. The Balaban J connectivity index is 1.43. The van der Waals surface area contributed by atoms with Gasteiger partial charge >= 0.3 is 0 Å². The van der Waals surface area contributed by atoms with Crippen LogP contribution in [-0.4, -0.2) is 37.0 Å². The number of carbonyl (C=O) groups is 1. The van der Waals surface area contributed by atoms with Crippen LogP contribution in [-0.2, 0) is 4.79 Å². The number of thiocarbonyl (C=S) groups is 1. The van der Waals surface area contributed by atoms with Gasteiger partial charge in [-0.25, -0.2) is 0 Å². The van der Waals surface area contributed by atoms with Gasteiger partial charge in [-0.3, -0.25) is 14.8 Å². The van der Waals surface area contributed by atoms with Crippen molar-refractivity contribution in [2.75, 3.05) is 11.9 Å². The van der Waals surface area contributed by atoms with E-state index >= 15 is 0 Å². The first-order valence-electron chi connectivity index (χ1n) is 11.9. The molecule has 1 aromatic carbocycles. The number of nitrogens with zero attached hydrogens (tertiary/aromatic N) is 4. The van der Waals surface area contributed by atoms with Gasteiger partial charge in [0.1, 0.15) is 0 Å². The van der Waals surface area contributed by atoms with Crippen LogP contribution in [0, 0.1) is 13.8 Å². The molecule has 8 heteroatoms. The summed E-state index contributed by atoms with van der Waals surface area (Å²) in [5, 5.41) is 7.14. The summed E-state index contributed by atoms with van der Waals surface area (Å²) in [7, 11) is 0. The van der Waals surface area contributed by atoms with Crippen LogP contribution in [0.15, 0.2) is 85.5 Å². The van der Waals surface area contributed by atoms with Crippen LogP contribution < -0.4 is 10.6 Å². The van der Waals surface area contributed by atoms with Crippen molar-refractivity contribution in [3.05, 3.63) is 108 Å². The topological polar surface area (TPSA) is 75.1 Å². The Labute approximate surface area is 216 Å². The molecule has 4 aromatic rings. The van der Waals surface area contributed by atoms with Crippen molar-refractivity contribution in [3.8, 4) is 5.69 Å². The molecular weight excluding hydrogens is 468 g/mol. The van der Waals surface area contributed by atoms with E-state index in [-0.39, 0.29) is 18.0 Å². The second-order valence-corrected chi connectivity index (χ2v) is 9.33. The average Bonchev–Trinajstić information content (AvgIpc) is 3.50. The normalized spacial score (nSPS) is 17.2. The van der Waals surface area contributed by atoms with Crippen LogP contribution in [0.4, 0.5) is 5.69 Å². The molecule has 1 aliphatic rings. The molecule has 7 nitrogen and oxygen atoms in total. The molecule has 0 unspecified atom stereocenters. The molecular formula is C28H28N6OS. The lowest BCUT2D eigenvalue weighted by Gasteiger charge is -2.28. The number of hydrogen-bond acceptors (Lipinski definition) is 4. The Kier molecular flexibility index (Phi) is 6.77. The number of aryl methyl sites for hydroxylation is 2. The molecule has 1 fully saturated rings. The lowest BCUT2D eigenvalue weighted by molar-refractivity contribution is -0.116. The molecule has 0 bridgehead atoms. The van der Waals surface area contributed by atoms with Crippen molar-refractivity contribution in [2.24, 2.45) is 0 Å². The van der Waals surface area contributed by atoms with E-state index in [1.165, 1.54) is 0 Å². The van der Waals surface area contributed by atoms with Crippen LogP contribution >= 0.6 is 12.2 Å². The number of aromatic nitrogens is 3. The molecule has 2 atom stereocenters. The molecule has 0 radical (unpaired) electrons. The zero-order valence-corrected chi connectivity index (χ0v) is 21.1. The van der Waals surface area contributed by atoms with Gasteiger partial charge in [0.25, 0.3) is 0 Å². The SMILES string of the molecule is Cc1ccc(C)c(NC(=O)CCN2C(=S)N[C@@H](c3ccccn3)[C@@H]2c2cccn2-c2ccncc2)c1. The van der Waals surface area contributed by atoms with Gasteiger partial charge in [0.2, 0.25) is 5.91 Å². The first-order chi connectivity index (χ1) is 17.5. The van der Waals surface area contributed by atoms with Crippen molar-refractivity contribution >= 4 is 28.9 Å². The van der Waals surface area contributed by atoms with Crippen LogP contribution in [0.3, 0.4) is 0 Å². The Hall–Kier alpha value is -4.04. The fourth-order valence-corrected chi connectivity index (χ4v) is 4.98. The molecule has 1 saturated heterocycles. The first kappa shape index (κ1) is 23.7. The van der Waals surface area contributed by atoms with Crippen LogP contribution in [0.25, 0.3) is 5.69 Å². The summed E-state index contributed by atoms with van der Waals surface area (Å²) >= 11 is 5.78. The highest BCUT2D eigenvalue weighted by Gasteiger charge is 2.41. The molecule has 36 heavy (non-hydrogen) atoms. The third-order valence-corrected chi connectivity index (χ3v) is 6.82. The zero-order chi connectivity index (χ0) is 25.1. The smallest absolute Gasteiger partial charge is 0.226 e. The van der Waals surface area contributed by atoms with E-state index < -0.39 is 0 Å². The molecule has 182 valence electrons. The highest BCUT2D eigenvalue weighted by Crippen LogP contribution is 2.39. The van der Waals surface area contributed by atoms with E-state index in [0.29, 0.717) is 18.1 Å². The number of carbonyl (C=O) groups excluding carboxylic acids is 1. The second kappa shape index (κ2) is 10.3. The second-order valence-electron chi connectivity index (χ2n) is 8.95. The number of benzene rings is 1. The standard InChI is InChI=1S/C28H28N6OS/c1-19-8-9-20(2)23(18-19)31-25(35)12-17-34-27(26(32-28(34)36)22-6-3-4-13-30-22)24-7-5-16-33(24)21-10-14-29-15-11-21/h3-11,13-16,18,26-27H,12,17H2,1-2H3,(H,31,35)(H,32,36)/t26-,27-/m0/s1. The zero-order valence-electron chi connectivity index (χ0n) is 20.3. The predicted molar refractivity (Wildman–Crippen MR) is 145 cm³/mol. The predicted octanol–water partition coefficient (Wildman–Crippen LogP) is 4.89. The lowest BCUT2D eigenvalue weighted by Crippen LogP contribution is -2.33. The summed E-state index contributed by atoms with van der Waals surface area (Å²) < 4.78 is 2.14. The maximum absolute atomic E-state index is 12.9. The van der Waals surface area contributed by atoms with E-state index in [1.807, 2.05) is 74.6 Å². The van der Waals surface area contributed by atoms with Gasteiger partial charge < -0.3 is 20.1 Å². The Morgan fingerprint density at radius 1 is 1.06 bits per heavy atom. The van der Waals surface area contributed by atoms with Gasteiger partial charge in [-0.15, -0.1) is 0 Å². The Morgan fingerprint density at radius 3 is 2.67 bits per heavy atom. The largest absolute Gasteiger partial charge is 0.352 e. The lowest BCUT2D eigenvalue weighted by atomic mass is 10.0. The van der Waals surface area contributed by atoms with E-state index in [4.69, 9.17) is 12.2 Å². The van der Waals surface area contributed by atoms with E-state index in [1.54, 1.807) is 18.6 Å². The third kappa shape index (κ3) is 4.85.